The van der Waals surface area contributed by atoms with E-state index in [1.807, 2.05) is 0 Å². The number of nitrogens with zero attached hydrogens (tertiary/aromatic N) is 1. The Morgan fingerprint density at radius 2 is 1.91 bits per heavy atom. The number of benzene rings is 1. The van der Waals surface area contributed by atoms with Crippen LogP contribution in [-0.4, -0.2) is 34.5 Å². The van der Waals surface area contributed by atoms with E-state index in [2.05, 4.69) is 0 Å². The molecule has 126 valence electrons. The van der Waals surface area contributed by atoms with Gasteiger partial charge in [0.15, 0.2) is 0 Å². The van der Waals surface area contributed by atoms with E-state index in [9.17, 15) is 18.7 Å². The first kappa shape index (κ1) is 16.2. The number of piperidine rings is 1. The van der Waals surface area contributed by atoms with Gasteiger partial charge in [-0.05, 0) is 57.2 Å². The molecule has 23 heavy (non-hydrogen) atoms. The molecule has 1 heterocycles. The minimum atomic E-state index is -0.927. The predicted molar refractivity (Wildman–Crippen MR) is 79.7 cm³/mol. The summed E-state index contributed by atoms with van der Waals surface area (Å²) in [5.74, 6) is -1.14. The molecule has 1 aromatic carbocycles. The molecule has 2 aliphatic rings. The summed E-state index contributed by atoms with van der Waals surface area (Å²) in [6, 6.07) is 3.46. The molecular formula is C17H21F2NO3. The number of hydrogen-bond acceptors (Lipinski definition) is 3. The minimum Gasteiger partial charge on any atom is -0.444 e. The Morgan fingerprint density at radius 3 is 2.48 bits per heavy atom. The number of amides is 1. The van der Waals surface area contributed by atoms with Gasteiger partial charge >= 0.3 is 6.09 Å². The maximum atomic E-state index is 13.5. The van der Waals surface area contributed by atoms with Crippen LogP contribution in [0.3, 0.4) is 0 Å². The number of carbonyl (C=O) groups excluding carboxylic acids is 1. The number of fused-ring (bicyclic) bond motifs is 1. The molecule has 3 atom stereocenters. The summed E-state index contributed by atoms with van der Waals surface area (Å²) < 4.78 is 32.4. The fourth-order valence-corrected chi connectivity index (χ4v) is 3.47. The molecule has 1 saturated heterocycles. The van der Waals surface area contributed by atoms with E-state index >= 15 is 0 Å². The molecule has 0 radical (unpaired) electrons. The van der Waals surface area contributed by atoms with Gasteiger partial charge < -0.3 is 9.84 Å². The van der Waals surface area contributed by atoms with Crippen LogP contribution in [-0.2, 0) is 10.2 Å². The molecule has 1 saturated carbocycles. The van der Waals surface area contributed by atoms with Crippen molar-refractivity contribution >= 4 is 6.09 Å². The van der Waals surface area contributed by atoms with Crippen molar-refractivity contribution in [3.8, 4) is 0 Å². The van der Waals surface area contributed by atoms with Gasteiger partial charge in [0.25, 0.3) is 0 Å². The zero-order valence-electron chi connectivity index (χ0n) is 13.5. The number of likely N-dealkylation sites (tertiary alicyclic amines) is 1. The Morgan fingerprint density at radius 1 is 1.30 bits per heavy atom. The third kappa shape index (κ3) is 3.04. The predicted octanol–water partition coefficient (Wildman–Crippen LogP) is 3.18. The second-order valence-corrected chi connectivity index (χ2v) is 7.54. The van der Waals surface area contributed by atoms with Gasteiger partial charge in [-0.3, -0.25) is 4.90 Å². The van der Waals surface area contributed by atoms with E-state index in [1.54, 1.807) is 20.8 Å². The van der Waals surface area contributed by atoms with E-state index in [1.165, 1.54) is 17.0 Å². The van der Waals surface area contributed by atoms with Crippen LogP contribution in [0.1, 0.15) is 39.2 Å². The molecule has 0 spiro atoms. The number of ether oxygens (including phenoxy) is 1. The summed E-state index contributed by atoms with van der Waals surface area (Å²) in [7, 11) is 0. The van der Waals surface area contributed by atoms with Crippen LogP contribution in [0.4, 0.5) is 13.6 Å². The lowest BCUT2D eigenvalue weighted by molar-refractivity contribution is -0.0506. The molecule has 1 aromatic rings. The van der Waals surface area contributed by atoms with Crippen molar-refractivity contribution in [2.24, 2.45) is 5.92 Å². The minimum absolute atomic E-state index is 0.123. The van der Waals surface area contributed by atoms with Crippen molar-refractivity contribution in [1.29, 1.82) is 0 Å². The van der Waals surface area contributed by atoms with Gasteiger partial charge in [-0.15, -0.1) is 0 Å². The third-order valence-electron chi connectivity index (χ3n) is 4.61. The Balaban J connectivity index is 1.85. The summed E-state index contributed by atoms with van der Waals surface area (Å²) in [5, 5.41) is 10.2. The lowest BCUT2D eigenvalue weighted by Gasteiger charge is -2.37. The van der Waals surface area contributed by atoms with Gasteiger partial charge in [-0.25, -0.2) is 13.6 Å². The fraction of sp³-hybridized carbons (Fsp3) is 0.588. The highest BCUT2D eigenvalue weighted by Gasteiger charge is 2.61. The summed E-state index contributed by atoms with van der Waals surface area (Å²) in [6.45, 7) is 5.45. The van der Waals surface area contributed by atoms with Gasteiger partial charge in [0.1, 0.15) is 23.5 Å². The smallest absolute Gasteiger partial charge is 0.412 e. The summed E-state index contributed by atoms with van der Waals surface area (Å²) in [4.78, 5) is 13.6. The molecule has 0 aromatic heterocycles. The van der Waals surface area contributed by atoms with Crippen LogP contribution in [0.15, 0.2) is 18.2 Å². The molecular weight excluding hydrogens is 304 g/mol. The molecule has 2 fully saturated rings. The molecule has 1 amide bonds. The highest BCUT2D eigenvalue weighted by atomic mass is 19.1. The SMILES string of the molecule is CC(C)(C)OC(=O)N1C[C@@]2(c3cc(F)cc(F)c3)C[C@H]2C[C@@H]1O. The van der Waals surface area contributed by atoms with Crippen molar-refractivity contribution in [2.45, 2.75) is 50.9 Å². The van der Waals surface area contributed by atoms with Crippen molar-refractivity contribution in [2.75, 3.05) is 6.54 Å². The fourth-order valence-electron chi connectivity index (χ4n) is 3.47. The Hall–Kier alpha value is -1.69. The molecule has 3 rings (SSSR count). The number of hydrogen-bond donors (Lipinski definition) is 1. The topological polar surface area (TPSA) is 49.8 Å². The van der Waals surface area contributed by atoms with E-state index in [4.69, 9.17) is 4.74 Å². The van der Waals surface area contributed by atoms with Crippen LogP contribution in [0.2, 0.25) is 0 Å². The second-order valence-electron chi connectivity index (χ2n) is 7.54. The lowest BCUT2D eigenvalue weighted by Crippen LogP contribution is -2.50. The van der Waals surface area contributed by atoms with Crippen LogP contribution in [0.5, 0.6) is 0 Å². The van der Waals surface area contributed by atoms with Crippen LogP contribution < -0.4 is 0 Å². The van der Waals surface area contributed by atoms with Crippen molar-refractivity contribution in [3.63, 3.8) is 0 Å². The second kappa shape index (κ2) is 5.16. The molecule has 4 nitrogen and oxygen atoms in total. The molecule has 6 heteroatoms. The van der Waals surface area contributed by atoms with Gasteiger partial charge in [-0.2, -0.15) is 0 Å². The zero-order chi connectivity index (χ0) is 17.0. The normalized spacial score (nSPS) is 29.9. The first-order valence-corrected chi connectivity index (χ1v) is 7.75. The summed E-state index contributed by atoms with van der Waals surface area (Å²) >= 11 is 0. The monoisotopic (exact) mass is 325 g/mol. The number of aliphatic hydroxyl groups excluding tert-OH is 1. The van der Waals surface area contributed by atoms with E-state index in [0.29, 0.717) is 18.4 Å². The highest BCUT2D eigenvalue weighted by molar-refractivity contribution is 5.69. The summed E-state index contributed by atoms with van der Waals surface area (Å²) in [6.07, 6.45) is -0.445. The average molecular weight is 325 g/mol. The first-order chi connectivity index (χ1) is 10.6. The van der Waals surface area contributed by atoms with Gasteiger partial charge in [0, 0.05) is 18.0 Å². The Labute approximate surface area is 134 Å². The molecule has 0 bridgehead atoms. The average Bonchev–Trinajstić information content (AvgIpc) is 3.09. The lowest BCUT2D eigenvalue weighted by atomic mass is 9.88. The van der Waals surface area contributed by atoms with Crippen molar-refractivity contribution < 1.29 is 23.4 Å². The molecule has 1 aliphatic heterocycles. The van der Waals surface area contributed by atoms with Gasteiger partial charge in [0.05, 0.1) is 0 Å². The van der Waals surface area contributed by atoms with Gasteiger partial charge in [-0.1, -0.05) is 0 Å². The first-order valence-electron chi connectivity index (χ1n) is 7.75. The maximum Gasteiger partial charge on any atom is 0.412 e. The number of rotatable bonds is 1. The van der Waals surface area contributed by atoms with Gasteiger partial charge in [0.2, 0.25) is 0 Å². The largest absolute Gasteiger partial charge is 0.444 e. The van der Waals surface area contributed by atoms with E-state index in [-0.39, 0.29) is 12.5 Å². The van der Waals surface area contributed by atoms with Crippen LogP contribution in [0.25, 0.3) is 0 Å². The highest BCUT2D eigenvalue weighted by Crippen LogP contribution is 2.59. The van der Waals surface area contributed by atoms with Crippen LogP contribution >= 0.6 is 0 Å². The Kier molecular flexibility index (Phi) is 3.63. The molecule has 1 aliphatic carbocycles. The van der Waals surface area contributed by atoms with E-state index < -0.39 is 35.0 Å². The van der Waals surface area contributed by atoms with E-state index in [0.717, 1.165) is 6.07 Å². The standard InChI is InChI=1S/C17H21F2NO3/c1-16(2,3)23-15(22)20-9-17(8-11(17)6-14(20)21)10-4-12(18)7-13(19)5-10/h4-5,7,11,14,21H,6,8-9H2,1-3H3/t11-,14+,17-/m1/s1. The van der Waals surface area contributed by atoms with Crippen molar-refractivity contribution in [3.05, 3.63) is 35.4 Å². The zero-order valence-corrected chi connectivity index (χ0v) is 13.5. The number of carbonyl (C=O) groups is 1. The van der Waals surface area contributed by atoms with Crippen LogP contribution in [0, 0.1) is 17.6 Å². The van der Waals surface area contributed by atoms with Crippen molar-refractivity contribution in [1.82, 2.24) is 4.90 Å². The molecule has 1 N–H and O–H groups in total. The Bertz CT molecular complexity index is 623. The maximum absolute atomic E-state index is 13.5. The molecule has 0 unspecified atom stereocenters. The summed E-state index contributed by atoms with van der Waals surface area (Å²) in [5.41, 5.74) is -0.616. The quantitative estimate of drug-likeness (QED) is 0.863. The number of halogens is 2. The number of aliphatic hydroxyl groups is 1. The third-order valence-corrected chi connectivity index (χ3v) is 4.61.